The number of amides is 1. The van der Waals surface area contributed by atoms with Crippen molar-refractivity contribution in [2.24, 2.45) is 5.10 Å². The molecule has 7 heteroatoms. The quantitative estimate of drug-likeness (QED) is 0.796. The van der Waals surface area contributed by atoms with E-state index < -0.39 is 5.97 Å². The third-order valence-corrected chi connectivity index (χ3v) is 2.29. The molecule has 0 atom stereocenters. The molecular weight excluding hydrogens is 224 g/mol. The number of hydrazone groups is 1. The Bertz CT molecular complexity index is 512. The van der Waals surface area contributed by atoms with Crippen LogP contribution in [0.5, 0.6) is 0 Å². The molecule has 0 fully saturated rings. The molecule has 1 aromatic rings. The molecule has 0 unspecified atom stereocenters. The lowest BCUT2D eigenvalue weighted by Crippen LogP contribution is -2.34. The molecule has 0 aliphatic carbocycles. The van der Waals surface area contributed by atoms with Crippen molar-refractivity contribution in [1.29, 1.82) is 0 Å². The number of carbonyl (C=O) groups is 2. The summed E-state index contributed by atoms with van der Waals surface area (Å²) in [6.45, 7) is 1.75. The number of hydrogen-bond acceptors (Lipinski definition) is 5. The van der Waals surface area contributed by atoms with Crippen LogP contribution in [-0.4, -0.2) is 32.7 Å². The van der Waals surface area contributed by atoms with Crippen LogP contribution in [0.4, 0.5) is 5.82 Å². The third kappa shape index (κ3) is 2.27. The molecule has 7 nitrogen and oxygen atoms in total. The van der Waals surface area contributed by atoms with Gasteiger partial charge in [-0.1, -0.05) is 0 Å². The molecule has 1 amide bonds. The zero-order chi connectivity index (χ0) is 12.4. The molecule has 88 valence electrons. The first kappa shape index (κ1) is 11.2. The van der Waals surface area contributed by atoms with E-state index in [0.29, 0.717) is 11.5 Å². The summed E-state index contributed by atoms with van der Waals surface area (Å²) in [4.78, 5) is 30.2. The summed E-state index contributed by atoms with van der Waals surface area (Å²) in [5.41, 5.74) is 0.640. The van der Waals surface area contributed by atoms with Crippen LogP contribution in [0.15, 0.2) is 17.5 Å². The van der Waals surface area contributed by atoms with Crippen LogP contribution in [0.25, 0.3) is 0 Å². The van der Waals surface area contributed by atoms with Gasteiger partial charge in [0.2, 0.25) is 5.91 Å². The monoisotopic (exact) mass is 234 g/mol. The van der Waals surface area contributed by atoms with Crippen LogP contribution in [0, 0.1) is 6.92 Å². The van der Waals surface area contributed by atoms with E-state index in [-0.39, 0.29) is 24.5 Å². The van der Waals surface area contributed by atoms with Gasteiger partial charge in [0.25, 0.3) is 0 Å². The summed E-state index contributed by atoms with van der Waals surface area (Å²) >= 11 is 0. The molecule has 1 N–H and O–H groups in total. The third-order valence-electron chi connectivity index (χ3n) is 2.29. The molecule has 0 saturated heterocycles. The number of aromatic nitrogens is 2. The van der Waals surface area contributed by atoms with E-state index in [0.717, 1.165) is 5.01 Å². The first-order chi connectivity index (χ1) is 8.08. The van der Waals surface area contributed by atoms with Gasteiger partial charge in [0.05, 0.1) is 0 Å². The van der Waals surface area contributed by atoms with E-state index in [1.165, 1.54) is 6.33 Å². The van der Waals surface area contributed by atoms with Crippen molar-refractivity contribution in [3.05, 3.63) is 18.1 Å². The minimum absolute atomic E-state index is 0.0409. The van der Waals surface area contributed by atoms with Crippen LogP contribution in [0.2, 0.25) is 0 Å². The molecule has 0 saturated carbocycles. The fourth-order valence-corrected chi connectivity index (χ4v) is 1.44. The summed E-state index contributed by atoms with van der Waals surface area (Å²) in [6, 6.07) is 1.58. The average Bonchev–Trinajstić information content (AvgIpc) is 2.29. The minimum Gasteiger partial charge on any atom is -0.477 e. The van der Waals surface area contributed by atoms with Crippen LogP contribution < -0.4 is 5.01 Å². The number of nitrogens with zero attached hydrogens (tertiary/aromatic N) is 4. The van der Waals surface area contributed by atoms with Gasteiger partial charge in [-0.2, -0.15) is 10.1 Å². The highest BCUT2D eigenvalue weighted by atomic mass is 16.4. The van der Waals surface area contributed by atoms with Gasteiger partial charge in [-0.3, -0.25) is 4.79 Å². The molecule has 1 aromatic heterocycles. The van der Waals surface area contributed by atoms with Crippen LogP contribution >= 0.6 is 0 Å². The molecule has 0 spiro atoms. The van der Waals surface area contributed by atoms with Crippen molar-refractivity contribution in [3.8, 4) is 0 Å². The number of hydrogen-bond donors (Lipinski definition) is 1. The van der Waals surface area contributed by atoms with Gasteiger partial charge >= 0.3 is 5.97 Å². The SMILES string of the molecule is Cc1cc(N2N=C(C(=O)O)CCC2=O)ncn1. The number of carbonyl (C=O) groups excluding carboxylic acids is 1. The van der Waals surface area contributed by atoms with Crippen molar-refractivity contribution < 1.29 is 14.7 Å². The molecule has 0 bridgehead atoms. The first-order valence-electron chi connectivity index (χ1n) is 5.00. The van der Waals surface area contributed by atoms with Crippen LogP contribution in [0.1, 0.15) is 18.5 Å². The Kier molecular flexibility index (Phi) is 2.82. The highest BCUT2D eigenvalue weighted by Crippen LogP contribution is 2.17. The lowest BCUT2D eigenvalue weighted by Gasteiger charge is -2.20. The number of carboxylic acids is 1. The summed E-state index contributed by atoms with van der Waals surface area (Å²) in [6.07, 6.45) is 1.57. The summed E-state index contributed by atoms with van der Waals surface area (Å²) < 4.78 is 0. The van der Waals surface area contributed by atoms with Crippen LogP contribution in [-0.2, 0) is 9.59 Å². The number of carboxylic acid groups (broad SMARTS) is 1. The molecule has 1 aliphatic heterocycles. The van der Waals surface area contributed by atoms with Gasteiger partial charge in [-0.25, -0.2) is 14.8 Å². The van der Waals surface area contributed by atoms with E-state index in [2.05, 4.69) is 15.1 Å². The number of anilines is 1. The predicted octanol–water partition coefficient (Wildman–Crippen LogP) is 0.352. The molecule has 2 rings (SSSR count). The largest absolute Gasteiger partial charge is 0.477 e. The van der Waals surface area contributed by atoms with E-state index in [1.807, 2.05) is 0 Å². The Hall–Kier alpha value is -2.31. The number of aryl methyl sites for hydroxylation is 1. The van der Waals surface area contributed by atoms with Crippen LogP contribution in [0.3, 0.4) is 0 Å². The standard InChI is InChI=1S/C10H10N4O3/c1-6-4-8(12-5-11-6)14-9(15)3-2-7(13-14)10(16)17/h4-5H,2-3H2,1H3,(H,16,17). The zero-order valence-corrected chi connectivity index (χ0v) is 9.12. The summed E-state index contributed by atoms with van der Waals surface area (Å²) in [7, 11) is 0. The summed E-state index contributed by atoms with van der Waals surface area (Å²) in [5, 5.41) is 13.6. The molecule has 0 aromatic carbocycles. The molecule has 17 heavy (non-hydrogen) atoms. The normalized spacial score (nSPS) is 15.7. The predicted molar refractivity (Wildman–Crippen MR) is 58.6 cm³/mol. The second kappa shape index (κ2) is 4.28. The van der Waals surface area contributed by atoms with Gasteiger partial charge in [0, 0.05) is 24.6 Å². The minimum atomic E-state index is -1.12. The highest BCUT2D eigenvalue weighted by molar-refractivity contribution is 6.37. The lowest BCUT2D eigenvalue weighted by atomic mass is 10.2. The molecule has 0 radical (unpaired) electrons. The topological polar surface area (TPSA) is 95.8 Å². The van der Waals surface area contributed by atoms with E-state index in [9.17, 15) is 9.59 Å². The maximum atomic E-state index is 11.6. The van der Waals surface area contributed by atoms with Gasteiger partial charge in [0.15, 0.2) is 5.82 Å². The molecular formula is C10H10N4O3. The Labute approximate surface area is 96.8 Å². The van der Waals surface area contributed by atoms with Gasteiger partial charge in [-0.15, -0.1) is 0 Å². The van der Waals surface area contributed by atoms with E-state index in [4.69, 9.17) is 5.11 Å². The average molecular weight is 234 g/mol. The lowest BCUT2D eigenvalue weighted by molar-refractivity contribution is -0.129. The van der Waals surface area contributed by atoms with Crippen molar-refractivity contribution in [2.75, 3.05) is 5.01 Å². The fraction of sp³-hybridized carbons (Fsp3) is 0.300. The summed E-state index contributed by atoms with van der Waals surface area (Å²) in [5.74, 6) is -1.10. The fourth-order valence-electron chi connectivity index (χ4n) is 1.44. The second-order valence-electron chi connectivity index (χ2n) is 3.57. The maximum Gasteiger partial charge on any atom is 0.352 e. The Morgan fingerprint density at radius 1 is 1.41 bits per heavy atom. The van der Waals surface area contributed by atoms with Gasteiger partial charge in [-0.05, 0) is 6.92 Å². The molecule has 2 heterocycles. The van der Waals surface area contributed by atoms with Crippen molar-refractivity contribution in [1.82, 2.24) is 9.97 Å². The Morgan fingerprint density at radius 3 is 2.82 bits per heavy atom. The van der Waals surface area contributed by atoms with Gasteiger partial charge < -0.3 is 5.11 Å². The van der Waals surface area contributed by atoms with E-state index in [1.54, 1.807) is 13.0 Å². The first-order valence-corrected chi connectivity index (χ1v) is 5.00. The van der Waals surface area contributed by atoms with E-state index >= 15 is 0 Å². The zero-order valence-electron chi connectivity index (χ0n) is 9.12. The Balaban J connectivity index is 2.39. The smallest absolute Gasteiger partial charge is 0.352 e. The van der Waals surface area contributed by atoms with Crippen molar-refractivity contribution in [2.45, 2.75) is 19.8 Å². The number of aliphatic carboxylic acids is 1. The molecule has 1 aliphatic rings. The second-order valence-corrected chi connectivity index (χ2v) is 3.57. The van der Waals surface area contributed by atoms with Crippen molar-refractivity contribution in [3.63, 3.8) is 0 Å². The van der Waals surface area contributed by atoms with Gasteiger partial charge in [0.1, 0.15) is 12.0 Å². The Morgan fingerprint density at radius 2 is 2.18 bits per heavy atom. The highest BCUT2D eigenvalue weighted by Gasteiger charge is 2.26. The van der Waals surface area contributed by atoms with Crippen molar-refractivity contribution >= 4 is 23.4 Å². The number of rotatable bonds is 2. The maximum absolute atomic E-state index is 11.6.